The predicted octanol–water partition coefficient (Wildman–Crippen LogP) is 4.05. The number of Topliss-reactive ketones (excluding diaryl/α,β-unsaturated/α-hetero) is 1. The molecule has 1 atom stereocenters. The first-order chi connectivity index (χ1) is 13.5. The van der Waals surface area contributed by atoms with Crippen LogP contribution in [-0.2, 0) is 4.79 Å². The number of nitrogens with zero attached hydrogens (tertiary/aromatic N) is 1. The van der Waals surface area contributed by atoms with Gasteiger partial charge in [-0.15, -0.1) is 0 Å². The van der Waals surface area contributed by atoms with Crippen molar-refractivity contribution in [3.8, 4) is 5.75 Å². The number of ketones is 1. The quantitative estimate of drug-likeness (QED) is 0.578. The summed E-state index contributed by atoms with van der Waals surface area (Å²) in [5.74, 6) is 1.28. The van der Waals surface area contributed by atoms with Crippen molar-refractivity contribution in [2.75, 3.05) is 6.61 Å². The van der Waals surface area contributed by atoms with Gasteiger partial charge in [0, 0.05) is 12.0 Å². The SMILES string of the molecule is CCC(=O)c1ccc(OCC(=O)N[C@H](c2nc3ccccc3[nH]2)C(C)C)cc1. The monoisotopic (exact) mass is 379 g/mol. The summed E-state index contributed by atoms with van der Waals surface area (Å²) in [7, 11) is 0. The van der Waals surface area contributed by atoms with Crippen LogP contribution in [0.25, 0.3) is 11.0 Å². The third-order valence-electron chi connectivity index (χ3n) is 4.55. The van der Waals surface area contributed by atoms with Crippen molar-refractivity contribution >= 4 is 22.7 Å². The van der Waals surface area contributed by atoms with Crippen LogP contribution in [0, 0.1) is 5.92 Å². The second-order valence-corrected chi connectivity index (χ2v) is 7.02. The fourth-order valence-electron chi connectivity index (χ4n) is 2.98. The minimum absolute atomic E-state index is 0.0786. The highest BCUT2D eigenvalue weighted by Gasteiger charge is 2.22. The van der Waals surface area contributed by atoms with E-state index in [2.05, 4.69) is 15.3 Å². The Morgan fingerprint density at radius 3 is 2.46 bits per heavy atom. The average Bonchev–Trinajstić information content (AvgIpc) is 3.13. The minimum atomic E-state index is -0.243. The number of fused-ring (bicyclic) bond motifs is 1. The summed E-state index contributed by atoms with van der Waals surface area (Å²) in [5, 5.41) is 2.99. The molecule has 1 amide bonds. The van der Waals surface area contributed by atoms with Crippen LogP contribution < -0.4 is 10.1 Å². The number of benzene rings is 2. The first kappa shape index (κ1) is 19.6. The maximum Gasteiger partial charge on any atom is 0.258 e. The van der Waals surface area contributed by atoms with Crippen molar-refractivity contribution in [1.29, 1.82) is 0 Å². The standard InChI is InChI=1S/C22H25N3O3/c1-4-19(26)15-9-11-16(12-10-15)28-13-20(27)25-21(14(2)3)22-23-17-7-5-6-8-18(17)24-22/h5-12,14,21H,4,13H2,1-3H3,(H,23,24)(H,25,27)/t21-/m0/s1. The van der Waals surface area contributed by atoms with Crippen LogP contribution in [0.15, 0.2) is 48.5 Å². The molecule has 0 aliphatic heterocycles. The number of para-hydroxylation sites is 2. The van der Waals surface area contributed by atoms with Crippen LogP contribution in [0.4, 0.5) is 0 Å². The van der Waals surface area contributed by atoms with Gasteiger partial charge in [-0.25, -0.2) is 4.98 Å². The normalized spacial score (nSPS) is 12.1. The van der Waals surface area contributed by atoms with Gasteiger partial charge in [0.2, 0.25) is 0 Å². The van der Waals surface area contributed by atoms with Gasteiger partial charge in [-0.3, -0.25) is 9.59 Å². The van der Waals surface area contributed by atoms with Gasteiger partial charge in [-0.2, -0.15) is 0 Å². The number of aromatic nitrogens is 2. The number of carbonyl (C=O) groups excluding carboxylic acids is 2. The van der Waals surface area contributed by atoms with Crippen molar-refractivity contribution in [3.63, 3.8) is 0 Å². The van der Waals surface area contributed by atoms with E-state index in [0.717, 1.165) is 16.9 Å². The molecule has 6 nitrogen and oxygen atoms in total. The highest BCUT2D eigenvalue weighted by atomic mass is 16.5. The Balaban J connectivity index is 1.62. The molecule has 1 aromatic heterocycles. The zero-order valence-corrected chi connectivity index (χ0v) is 16.4. The lowest BCUT2D eigenvalue weighted by molar-refractivity contribution is -0.124. The number of imidazole rings is 1. The average molecular weight is 379 g/mol. The molecule has 0 radical (unpaired) electrons. The van der Waals surface area contributed by atoms with Crippen LogP contribution >= 0.6 is 0 Å². The summed E-state index contributed by atoms with van der Waals surface area (Å²) >= 11 is 0. The Morgan fingerprint density at radius 2 is 1.82 bits per heavy atom. The summed E-state index contributed by atoms with van der Waals surface area (Å²) in [6.45, 7) is 5.78. The summed E-state index contributed by atoms with van der Waals surface area (Å²) in [5.41, 5.74) is 2.45. The fourth-order valence-corrected chi connectivity index (χ4v) is 2.98. The van der Waals surface area contributed by atoms with E-state index in [-0.39, 0.29) is 30.3 Å². The minimum Gasteiger partial charge on any atom is -0.484 e. The second kappa shape index (κ2) is 8.69. The Kier molecular flexibility index (Phi) is 6.09. The molecule has 0 aliphatic rings. The highest BCUT2D eigenvalue weighted by Crippen LogP contribution is 2.22. The van der Waals surface area contributed by atoms with Gasteiger partial charge in [0.1, 0.15) is 11.6 Å². The maximum absolute atomic E-state index is 12.4. The fraction of sp³-hybridized carbons (Fsp3) is 0.318. The molecule has 0 saturated heterocycles. The molecule has 3 aromatic rings. The van der Waals surface area contributed by atoms with Gasteiger partial charge >= 0.3 is 0 Å². The lowest BCUT2D eigenvalue weighted by atomic mass is 10.0. The van der Waals surface area contributed by atoms with Gasteiger partial charge in [0.05, 0.1) is 17.1 Å². The van der Waals surface area contributed by atoms with Crippen molar-refractivity contribution in [2.45, 2.75) is 33.2 Å². The molecule has 3 rings (SSSR count). The lowest BCUT2D eigenvalue weighted by Gasteiger charge is -2.20. The molecule has 0 saturated carbocycles. The molecule has 28 heavy (non-hydrogen) atoms. The molecule has 0 bridgehead atoms. The molecule has 146 valence electrons. The van der Waals surface area contributed by atoms with Gasteiger partial charge < -0.3 is 15.0 Å². The van der Waals surface area contributed by atoms with Gasteiger partial charge in [-0.1, -0.05) is 32.9 Å². The van der Waals surface area contributed by atoms with Crippen molar-refractivity contribution < 1.29 is 14.3 Å². The lowest BCUT2D eigenvalue weighted by Crippen LogP contribution is -2.35. The number of ether oxygens (including phenoxy) is 1. The van der Waals surface area contributed by atoms with Crippen LogP contribution in [0.1, 0.15) is 49.4 Å². The van der Waals surface area contributed by atoms with Crippen LogP contribution in [0.2, 0.25) is 0 Å². The molecule has 0 fully saturated rings. The summed E-state index contributed by atoms with van der Waals surface area (Å²) in [6.07, 6.45) is 0.459. The Hall–Kier alpha value is -3.15. The first-order valence-corrected chi connectivity index (χ1v) is 9.48. The largest absolute Gasteiger partial charge is 0.484 e. The number of hydrogen-bond donors (Lipinski definition) is 2. The first-order valence-electron chi connectivity index (χ1n) is 9.48. The Morgan fingerprint density at radius 1 is 1.11 bits per heavy atom. The van der Waals surface area contributed by atoms with Crippen LogP contribution in [0.3, 0.4) is 0 Å². The third kappa shape index (κ3) is 4.57. The number of nitrogens with one attached hydrogen (secondary N) is 2. The zero-order chi connectivity index (χ0) is 20.1. The Bertz CT molecular complexity index is 928. The molecule has 0 unspecified atom stereocenters. The van der Waals surface area contributed by atoms with Crippen LogP contribution in [0.5, 0.6) is 5.75 Å². The molecular formula is C22H25N3O3. The molecule has 2 N–H and O–H groups in total. The van der Waals surface area contributed by atoms with E-state index in [1.165, 1.54) is 0 Å². The second-order valence-electron chi connectivity index (χ2n) is 7.02. The topological polar surface area (TPSA) is 84.1 Å². The molecule has 0 spiro atoms. The van der Waals surface area contributed by atoms with Gasteiger partial charge in [0.25, 0.3) is 5.91 Å². The summed E-state index contributed by atoms with van der Waals surface area (Å²) in [6, 6.07) is 14.4. The summed E-state index contributed by atoms with van der Waals surface area (Å²) < 4.78 is 5.56. The predicted molar refractivity (Wildman–Crippen MR) is 108 cm³/mol. The zero-order valence-electron chi connectivity index (χ0n) is 16.4. The highest BCUT2D eigenvalue weighted by molar-refractivity contribution is 5.95. The van der Waals surface area contributed by atoms with E-state index in [1.807, 2.05) is 45.0 Å². The van der Waals surface area contributed by atoms with E-state index >= 15 is 0 Å². The van der Waals surface area contributed by atoms with Gasteiger partial charge in [0.15, 0.2) is 12.4 Å². The van der Waals surface area contributed by atoms with Crippen LogP contribution in [-0.4, -0.2) is 28.3 Å². The van der Waals surface area contributed by atoms with E-state index in [0.29, 0.717) is 17.7 Å². The molecular weight excluding hydrogens is 354 g/mol. The number of carbonyl (C=O) groups is 2. The van der Waals surface area contributed by atoms with E-state index in [9.17, 15) is 9.59 Å². The van der Waals surface area contributed by atoms with E-state index < -0.39 is 0 Å². The van der Waals surface area contributed by atoms with E-state index in [4.69, 9.17) is 4.74 Å². The third-order valence-corrected chi connectivity index (χ3v) is 4.55. The summed E-state index contributed by atoms with van der Waals surface area (Å²) in [4.78, 5) is 31.9. The van der Waals surface area contributed by atoms with E-state index in [1.54, 1.807) is 24.3 Å². The molecule has 0 aliphatic carbocycles. The van der Waals surface area contributed by atoms with Crippen molar-refractivity contribution in [3.05, 3.63) is 59.9 Å². The molecule has 2 aromatic carbocycles. The smallest absolute Gasteiger partial charge is 0.258 e. The molecule has 1 heterocycles. The number of rotatable bonds is 8. The number of amides is 1. The van der Waals surface area contributed by atoms with Gasteiger partial charge in [-0.05, 0) is 42.3 Å². The number of H-pyrrole nitrogens is 1. The molecule has 6 heteroatoms. The Labute approximate surface area is 164 Å². The maximum atomic E-state index is 12.4. The number of aromatic amines is 1. The number of hydrogen-bond acceptors (Lipinski definition) is 4. The van der Waals surface area contributed by atoms with Crippen molar-refractivity contribution in [2.24, 2.45) is 5.92 Å². The van der Waals surface area contributed by atoms with Crippen molar-refractivity contribution in [1.82, 2.24) is 15.3 Å².